The van der Waals surface area contributed by atoms with Gasteiger partial charge >= 0.3 is 5.97 Å². The molecule has 0 spiro atoms. The van der Waals surface area contributed by atoms with Crippen LogP contribution in [0.4, 0.5) is 0 Å². The van der Waals surface area contributed by atoms with Crippen LogP contribution < -0.4 is 5.32 Å². The maximum atomic E-state index is 11.5. The molecule has 5 nitrogen and oxygen atoms in total. The van der Waals surface area contributed by atoms with Crippen molar-refractivity contribution in [2.24, 2.45) is 0 Å². The first-order valence-corrected chi connectivity index (χ1v) is 6.32. The van der Waals surface area contributed by atoms with Crippen LogP contribution in [-0.4, -0.2) is 42.0 Å². The van der Waals surface area contributed by atoms with Crippen LogP contribution in [0.5, 0.6) is 0 Å². The number of likely N-dealkylation sites (N-methyl/N-ethyl adjacent to an activating group) is 1. The molecule has 0 fully saturated rings. The molecule has 0 saturated carbocycles. The van der Waals surface area contributed by atoms with Crippen molar-refractivity contribution in [1.29, 1.82) is 0 Å². The summed E-state index contributed by atoms with van der Waals surface area (Å²) < 4.78 is 0. The topological polar surface area (TPSA) is 69.6 Å². The number of carboxylic acids is 1. The molecule has 1 rings (SSSR count). The summed E-state index contributed by atoms with van der Waals surface area (Å²) in [6, 6.07) is 8.19. The molecule has 0 saturated heterocycles. The molecule has 1 aromatic rings. The third kappa shape index (κ3) is 4.37. The Morgan fingerprint density at radius 3 is 2.42 bits per heavy atom. The number of rotatable bonds is 7. The van der Waals surface area contributed by atoms with Gasteiger partial charge in [-0.15, -0.1) is 0 Å². The van der Waals surface area contributed by atoms with Gasteiger partial charge in [0.15, 0.2) is 0 Å². The Morgan fingerprint density at radius 1 is 1.32 bits per heavy atom. The average molecular weight is 264 g/mol. The van der Waals surface area contributed by atoms with E-state index in [1.54, 1.807) is 36.2 Å². The molecule has 0 bridgehead atoms. The fourth-order valence-electron chi connectivity index (χ4n) is 2.00. The molecule has 104 valence electrons. The lowest BCUT2D eigenvalue weighted by Crippen LogP contribution is -2.41. The molecule has 1 atom stereocenters. The van der Waals surface area contributed by atoms with Gasteiger partial charge in [-0.2, -0.15) is 0 Å². The lowest BCUT2D eigenvalue weighted by Gasteiger charge is -2.28. The van der Waals surface area contributed by atoms with Crippen LogP contribution in [0.15, 0.2) is 30.3 Å². The normalized spacial score (nSPS) is 12.2. The molecule has 1 unspecified atom stereocenters. The van der Waals surface area contributed by atoms with E-state index in [-0.39, 0.29) is 12.5 Å². The molecule has 5 heteroatoms. The Hall–Kier alpha value is -1.88. The Morgan fingerprint density at radius 2 is 1.95 bits per heavy atom. The number of benzene rings is 1. The van der Waals surface area contributed by atoms with E-state index in [9.17, 15) is 14.7 Å². The molecular weight excluding hydrogens is 244 g/mol. The highest BCUT2D eigenvalue weighted by Gasteiger charge is 2.27. The quantitative estimate of drug-likeness (QED) is 0.778. The van der Waals surface area contributed by atoms with Crippen LogP contribution in [-0.2, 0) is 9.59 Å². The largest absolute Gasteiger partial charge is 0.480 e. The number of hydrogen-bond donors (Lipinski definition) is 2. The van der Waals surface area contributed by atoms with Gasteiger partial charge in [0, 0.05) is 7.05 Å². The van der Waals surface area contributed by atoms with Crippen LogP contribution in [0.1, 0.15) is 24.9 Å². The molecule has 0 aliphatic heterocycles. The Kier molecular flexibility index (Phi) is 6.02. The second kappa shape index (κ2) is 7.53. The van der Waals surface area contributed by atoms with Crippen LogP contribution >= 0.6 is 0 Å². The van der Waals surface area contributed by atoms with Gasteiger partial charge < -0.3 is 10.4 Å². The van der Waals surface area contributed by atoms with Crippen molar-refractivity contribution in [3.05, 3.63) is 35.9 Å². The predicted molar refractivity (Wildman–Crippen MR) is 72.7 cm³/mol. The number of amides is 1. The van der Waals surface area contributed by atoms with Crippen LogP contribution in [0.25, 0.3) is 0 Å². The SMILES string of the molecule is CCCN(CC(=O)NC)C(C(=O)O)c1ccccc1. The minimum absolute atomic E-state index is 0.0796. The summed E-state index contributed by atoms with van der Waals surface area (Å²) in [6.07, 6.45) is 0.785. The molecule has 1 aromatic carbocycles. The van der Waals surface area contributed by atoms with Crippen molar-refractivity contribution >= 4 is 11.9 Å². The summed E-state index contributed by atoms with van der Waals surface area (Å²) in [4.78, 5) is 24.7. The molecule has 0 aromatic heterocycles. The van der Waals surface area contributed by atoms with E-state index in [1.807, 2.05) is 13.0 Å². The van der Waals surface area contributed by atoms with Gasteiger partial charge in [-0.1, -0.05) is 37.3 Å². The van der Waals surface area contributed by atoms with E-state index in [1.165, 1.54) is 0 Å². The maximum Gasteiger partial charge on any atom is 0.325 e. The first kappa shape index (κ1) is 15.2. The predicted octanol–water partition coefficient (Wildman–Crippen LogP) is 1.27. The summed E-state index contributed by atoms with van der Waals surface area (Å²) >= 11 is 0. The lowest BCUT2D eigenvalue weighted by atomic mass is 10.1. The smallest absolute Gasteiger partial charge is 0.325 e. The highest BCUT2D eigenvalue weighted by Crippen LogP contribution is 2.21. The number of nitrogens with zero attached hydrogens (tertiary/aromatic N) is 1. The molecule has 1 amide bonds. The van der Waals surface area contributed by atoms with E-state index in [2.05, 4.69) is 5.32 Å². The van der Waals surface area contributed by atoms with Crippen LogP contribution in [0.3, 0.4) is 0 Å². The average Bonchev–Trinajstić information content (AvgIpc) is 2.39. The van der Waals surface area contributed by atoms with Crippen LogP contribution in [0, 0.1) is 0 Å². The summed E-state index contributed by atoms with van der Waals surface area (Å²) in [7, 11) is 1.55. The summed E-state index contributed by atoms with van der Waals surface area (Å²) in [5.74, 6) is -1.13. The highest BCUT2D eigenvalue weighted by molar-refractivity contribution is 5.80. The highest BCUT2D eigenvalue weighted by atomic mass is 16.4. The Labute approximate surface area is 113 Å². The molecule has 0 heterocycles. The minimum atomic E-state index is -0.941. The van der Waals surface area contributed by atoms with E-state index in [0.717, 1.165) is 6.42 Å². The van der Waals surface area contributed by atoms with E-state index in [4.69, 9.17) is 0 Å². The molecular formula is C14H20N2O3. The number of nitrogens with one attached hydrogen (secondary N) is 1. The zero-order chi connectivity index (χ0) is 14.3. The number of hydrogen-bond acceptors (Lipinski definition) is 3. The van der Waals surface area contributed by atoms with Crippen molar-refractivity contribution < 1.29 is 14.7 Å². The molecule has 0 aliphatic carbocycles. The van der Waals surface area contributed by atoms with Gasteiger partial charge in [-0.05, 0) is 18.5 Å². The summed E-state index contributed by atoms with van der Waals surface area (Å²) in [6.45, 7) is 2.59. The standard InChI is InChI=1S/C14H20N2O3/c1-3-9-16(10-12(17)15-2)13(14(18)19)11-7-5-4-6-8-11/h4-8,13H,3,9-10H2,1-2H3,(H,15,17)(H,18,19). The van der Waals surface area contributed by atoms with Crippen molar-refractivity contribution in [2.45, 2.75) is 19.4 Å². The number of aliphatic carboxylic acids is 1. The monoisotopic (exact) mass is 264 g/mol. The van der Waals surface area contributed by atoms with Gasteiger partial charge in [-0.3, -0.25) is 14.5 Å². The number of carbonyl (C=O) groups excluding carboxylic acids is 1. The van der Waals surface area contributed by atoms with Crippen molar-refractivity contribution in [3.8, 4) is 0 Å². The molecule has 0 radical (unpaired) electrons. The van der Waals surface area contributed by atoms with E-state index in [0.29, 0.717) is 12.1 Å². The summed E-state index contributed by atoms with van der Waals surface area (Å²) in [5, 5.41) is 12.0. The first-order valence-electron chi connectivity index (χ1n) is 6.32. The second-order valence-electron chi connectivity index (χ2n) is 4.30. The fourth-order valence-corrected chi connectivity index (χ4v) is 2.00. The lowest BCUT2D eigenvalue weighted by molar-refractivity contribution is -0.144. The van der Waals surface area contributed by atoms with Crippen molar-refractivity contribution in [2.75, 3.05) is 20.1 Å². The fraction of sp³-hybridized carbons (Fsp3) is 0.429. The van der Waals surface area contributed by atoms with E-state index < -0.39 is 12.0 Å². The van der Waals surface area contributed by atoms with E-state index >= 15 is 0 Å². The van der Waals surface area contributed by atoms with Gasteiger partial charge in [0.05, 0.1) is 6.54 Å². The minimum Gasteiger partial charge on any atom is -0.480 e. The molecule has 2 N–H and O–H groups in total. The van der Waals surface area contributed by atoms with Crippen molar-refractivity contribution in [3.63, 3.8) is 0 Å². The molecule has 0 aliphatic rings. The maximum absolute atomic E-state index is 11.5. The number of carbonyl (C=O) groups is 2. The van der Waals surface area contributed by atoms with Crippen LogP contribution in [0.2, 0.25) is 0 Å². The van der Waals surface area contributed by atoms with Gasteiger partial charge in [0.2, 0.25) is 5.91 Å². The van der Waals surface area contributed by atoms with Gasteiger partial charge in [0.25, 0.3) is 0 Å². The third-order valence-corrected chi connectivity index (χ3v) is 2.85. The van der Waals surface area contributed by atoms with Crippen molar-refractivity contribution in [1.82, 2.24) is 10.2 Å². The Balaban J connectivity index is 2.99. The Bertz CT molecular complexity index is 420. The first-order chi connectivity index (χ1) is 9.10. The van der Waals surface area contributed by atoms with Gasteiger partial charge in [0.1, 0.15) is 6.04 Å². The molecule has 19 heavy (non-hydrogen) atoms. The zero-order valence-corrected chi connectivity index (χ0v) is 11.3. The summed E-state index contributed by atoms with van der Waals surface area (Å²) in [5.41, 5.74) is 0.687. The third-order valence-electron chi connectivity index (χ3n) is 2.85. The second-order valence-corrected chi connectivity index (χ2v) is 4.30. The van der Waals surface area contributed by atoms with Gasteiger partial charge in [-0.25, -0.2) is 0 Å². The number of carboxylic acid groups (broad SMARTS) is 1. The zero-order valence-electron chi connectivity index (χ0n) is 11.3.